The molecule has 2 aromatic carbocycles. The van der Waals surface area contributed by atoms with Gasteiger partial charge in [-0.2, -0.15) is 0 Å². The van der Waals surface area contributed by atoms with Crippen LogP contribution in [-0.2, 0) is 4.79 Å². The van der Waals surface area contributed by atoms with Crippen molar-refractivity contribution in [1.82, 2.24) is 15.5 Å². The van der Waals surface area contributed by atoms with E-state index in [2.05, 4.69) is 10.6 Å². The number of hydrogen-bond acceptors (Lipinski definition) is 3. The number of hydrogen-bond donors (Lipinski definition) is 2. The molecule has 27 heavy (non-hydrogen) atoms. The Morgan fingerprint density at radius 2 is 1.33 bits per heavy atom. The Balaban J connectivity index is 1.41. The van der Waals surface area contributed by atoms with E-state index in [1.54, 1.807) is 41.3 Å². The summed E-state index contributed by atoms with van der Waals surface area (Å²) in [5.74, 6) is -0.448. The molecule has 140 valence electrons. The zero-order chi connectivity index (χ0) is 19.1. The molecule has 1 aliphatic heterocycles. The number of benzene rings is 2. The molecule has 1 saturated heterocycles. The van der Waals surface area contributed by atoms with Crippen LogP contribution in [0, 0.1) is 0 Å². The van der Waals surface area contributed by atoms with Gasteiger partial charge in [0.25, 0.3) is 11.8 Å². The molecule has 0 saturated carbocycles. The van der Waals surface area contributed by atoms with Crippen molar-refractivity contribution in [1.29, 1.82) is 0 Å². The maximum Gasteiger partial charge on any atom is 0.251 e. The molecule has 0 bridgehead atoms. The van der Waals surface area contributed by atoms with Crippen LogP contribution in [0.4, 0.5) is 0 Å². The summed E-state index contributed by atoms with van der Waals surface area (Å²) in [5, 5.41) is 5.68. The fourth-order valence-electron chi connectivity index (χ4n) is 3.09. The average Bonchev–Trinajstić information content (AvgIpc) is 2.73. The summed E-state index contributed by atoms with van der Waals surface area (Å²) < 4.78 is 0. The number of nitrogens with zero attached hydrogens (tertiary/aromatic N) is 1. The predicted molar refractivity (Wildman–Crippen MR) is 102 cm³/mol. The first kappa shape index (κ1) is 18.6. The van der Waals surface area contributed by atoms with E-state index in [4.69, 9.17) is 0 Å². The normalized spacial score (nSPS) is 14.4. The van der Waals surface area contributed by atoms with Gasteiger partial charge in [-0.3, -0.25) is 14.4 Å². The van der Waals surface area contributed by atoms with Gasteiger partial charge in [0.15, 0.2) is 0 Å². The molecule has 1 fully saturated rings. The second kappa shape index (κ2) is 8.98. The molecular formula is C21H23N3O3. The molecule has 2 aromatic rings. The highest BCUT2D eigenvalue weighted by molar-refractivity contribution is 5.96. The van der Waals surface area contributed by atoms with E-state index in [9.17, 15) is 14.4 Å². The third kappa shape index (κ3) is 5.17. The third-order valence-corrected chi connectivity index (χ3v) is 4.66. The molecular weight excluding hydrogens is 342 g/mol. The van der Waals surface area contributed by atoms with Crippen LogP contribution in [0.1, 0.15) is 33.6 Å². The maximum absolute atomic E-state index is 12.3. The van der Waals surface area contributed by atoms with E-state index in [0.29, 0.717) is 37.1 Å². The molecule has 3 rings (SSSR count). The van der Waals surface area contributed by atoms with Crippen LogP contribution < -0.4 is 10.6 Å². The number of nitrogens with one attached hydrogen (secondary N) is 2. The maximum atomic E-state index is 12.3. The van der Waals surface area contributed by atoms with E-state index in [0.717, 1.165) is 0 Å². The Morgan fingerprint density at radius 3 is 1.89 bits per heavy atom. The largest absolute Gasteiger partial charge is 0.349 e. The van der Waals surface area contributed by atoms with Crippen molar-refractivity contribution >= 4 is 17.7 Å². The monoisotopic (exact) mass is 365 g/mol. The van der Waals surface area contributed by atoms with Crippen LogP contribution in [-0.4, -0.2) is 48.3 Å². The summed E-state index contributed by atoms with van der Waals surface area (Å²) in [5.41, 5.74) is 1.17. The zero-order valence-electron chi connectivity index (χ0n) is 15.1. The van der Waals surface area contributed by atoms with Gasteiger partial charge in [-0.1, -0.05) is 36.4 Å². The number of amides is 3. The van der Waals surface area contributed by atoms with Gasteiger partial charge >= 0.3 is 0 Å². The van der Waals surface area contributed by atoms with Crippen molar-refractivity contribution in [2.45, 2.75) is 18.9 Å². The highest BCUT2D eigenvalue weighted by Gasteiger charge is 2.24. The summed E-state index contributed by atoms with van der Waals surface area (Å²) >= 11 is 0. The van der Waals surface area contributed by atoms with Gasteiger partial charge in [0.1, 0.15) is 0 Å². The van der Waals surface area contributed by atoms with Crippen molar-refractivity contribution < 1.29 is 14.4 Å². The second-order valence-corrected chi connectivity index (χ2v) is 6.54. The topological polar surface area (TPSA) is 78.5 Å². The first-order valence-electron chi connectivity index (χ1n) is 9.10. The van der Waals surface area contributed by atoms with Gasteiger partial charge < -0.3 is 15.5 Å². The fourth-order valence-corrected chi connectivity index (χ4v) is 3.09. The smallest absolute Gasteiger partial charge is 0.251 e. The van der Waals surface area contributed by atoms with Crippen LogP contribution in [0.25, 0.3) is 0 Å². The molecule has 0 spiro atoms. The minimum atomic E-state index is -0.256. The molecule has 0 atom stereocenters. The molecule has 0 radical (unpaired) electrons. The van der Waals surface area contributed by atoms with Crippen molar-refractivity contribution in [3.05, 3.63) is 71.8 Å². The van der Waals surface area contributed by atoms with Crippen molar-refractivity contribution in [3.8, 4) is 0 Å². The van der Waals surface area contributed by atoms with E-state index >= 15 is 0 Å². The third-order valence-electron chi connectivity index (χ3n) is 4.66. The molecule has 0 aromatic heterocycles. The van der Waals surface area contributed by atoms with Crippen molar-refractivity contribution in [3.63, 3.8) is 0 Å². The van der Waals surface area contributed by atoms with Gasteiger partial charge in [0.2, 0.25) is 5.91 Å². The Hall–Kier alpha value is -3.15. The van der Waals surface area contributed by atoms with Crippen LogP contribution in [0.3, 0.4) is 0 Å². The lowest BCUT2D eigenvalue weighted by molar-refractivity contribution is -0.131. The zero-order valence-corrected chi connectivity index (χ0v) is 15.1. The van der Waals surface area contributed by atoms with Crippen LogP contribution in [0.5, 0.6) is 0 Å². The summed E-state index contributed by atoms with van der Waals surface area (Å²) in [6.45, 7) is 1.12. The lowest BCUT2D eigenvalue weighted by atomic mass is 10.0. The molecule has 6 heteroatoms. The summed E-state index contributed by atoms with van der Waals surface area (Å²) in [6, 6.07) is 18.0. The highest BCUT2D eigenvalue weighted by Crippen LogP contribution is 2.11. The first-order chi connectivity index (χ1) is 13.1. The van der Waals surface area contributed by atoms with Crippen LogP contribution >= 0.6 is 0 Å². The minimum absolute atomic E-state index is 0.0191. The molecule has 6 nitrogen and oxygen atoms in total. The Kier molecular flexibility index (Phi) is 6.20. The molecule has 0 unspecified atom stereocenters. The SMILES string of the molecule is O=C(NCC(=O)N1CCC(NC(=O)c2ccccc2)CC1)c1ccccc1. The molecule has 3 amide bonds. The Labute approximate surface area is 158 Å². The van der Waals surface area contributed by atoms with Gasteiger partial charge in [0.05, 0.1) is 6.54 Å². The number of rotatable bonds is 5. The number of carbonyl (C=O) groups excluding carboxylic acids is 3. The van der Waals surface area contributed by atoms with E-state index in [-0.39, 0.29) is 30.3 Å². The fraction of sp³-hybridized carbons (Fsp3) is 0.286. The quantitative estimate of drug-likeness (QED) is 0.849. The lowest BCUT2D eigenvalue weighted by Gasteiger charge is -2.32. The van der Waals surface area contributed by atoms with Crippen LogP contribution in [0.15, 0.2) is 60.7 Å². The number of carbonyl (C=O) groups is 3. The lowest BCUT2D eigenvalue weighted by Crippen LogP contribution is -2.49. The van der Waals surface area contributed by atoms with Crippen molar-refractivity contribution in [2.75, 3.05) is 19.6 Å². The van der Waals surface area contributed by atoms with Gasteiger partial charge in [-0.25, -0.2) is 0 Å². The van der Waals surface area contributed by atoms with Gasteiger partial charge in [0, 0.05) is 30.3 Å². The molecule has 1 heterocycles. The van der Waals surface area contributed by atoms with E-state index in [1.807, 2.05) is 24.3 Å². The summed E-state index contributed by atoms with van der Waals surface area (Å²) in [4.78, 5) is 38.3. The molecule has 2 N–H and O–H groups in total. The van der Waals surface area contributed by atoms with Crippen LogP contribution in [0.2, 0.25) is 0 Å². The average molecular weight is 365 g/mol. The summed E-state index contributed by atoms with van der Waals surface area (Å²) in [7, 11) is 0. The summed E-state index contributed by atoms with van der Waals surface area (Å²) in [6.07, 6.45) is 1.41. The molecule has 0 aliphatic carbocycles. The van der Waals surface area contributed by atoms with Gasteiger partial charge in [-0.15, -0.1) is 0 Å². The van der Waals surface area contributed by atoms with E-state index in [1.165, 1.54) is 0 Å². The van der Waals surface area contributed by atoms with Crippen molar-refractivity contribution in [2.24, 2.45) is 0 Å². The highest BCUT2D eigenvalue weighted by atomic mass is 16.2. The van der Waals surface area contributed by atoms with Gasteiger partial charge in [-0.05, 0) is 37.1 Å². The first-order valence-corrected chi connectivity index (χ1v) is 9.10. The second-order valence-electron chi connectivity index (χ2n) is 6.54. The number of likely N-dealkylation sites (tertiary alicyclic amines) is 1. The predicted octanol–water partition coefficient (Wildman–Crippen LogP) is 1.84. The Morgan fingerprint density at radius 1 is 0.815 bits per heavy atom. The minimum Gasteiger partial charge on any atom is -0.349 e. The molecule has 1 aliphatic rings. The number of piperidine rings is 1. The Bertz CT molecular complexity index is 785. The van der Waals surface area contributed by atoms with E-state index < -0.39 is 0 Å². The standard InChI is InChI=1S/C21H23N3O3/c25-19(15-22-20(26)16-7-3-1-4-8-16)24-13-11-18(12-14-24)23-21(27)17-9-5-2-6-10-17/h1-10,18H,11-15H2,(H,22,26)(H,23,27).